The van der Waals surface area contributed by atoms with Crippen molar-refractivity contribution in [1.29, 1.82) is 0 Å². The molecule has 3 aromatic rings. The van der Waals surface area contributed by atoms with Crippen LogP contribution in [-0.4, -0.2) is 28.4 Å². The molecule has 0 amide bonds. The molecule has 3 heteroatoms. The summed E-state index contributed by atoms with van der Waals surface area (Å²) in [6.45, 7) is 5.14. The summed E-state index contributed by atoms with van der Waals surface area (Å²) in [6.07, 6.45) is 3.00. The Labute approximate surface area is 132 Å². The molecular weight excluding hydrogens is 270 g/mol. The van der Waals surface area contributed by atoms with Crippen LogP contribution in [0.2, 0.25) is 0 Å². The number of rotatable bonds is 4. The first-order valence-electron chi connectivity index (χ1n) is 7.70. The van der Waals surface area contributed by atoms with Crippen molar-refractivity contribution >= 4 is 5.65 Å². The van der Waals surface area contributed by atoms with Crippen LogP contribution in [0.3, 0.4) is 0 Å². The van der Waals surface area contributed by atoms with E-state index < -0.39 is 0 Å². The summed E-state index contributed by atoms with van der Waals surface area (Å²) >= 11 is 0. The van der Waals surface area contributed by atoms with E-state index in [2.05, 4.69) is 79.8 Å². The maximum Gasteiger partial charge on any atom is 0.140 e. The summed E-state index contributed by atoms with van der Waals surface area (Å²) in [5.41, 5.74) is 7.35. The van der Waals surface area contributed by atoms with E-state index in [1.54, 1.807) is 0 Å². The molecule has 0 aliphatic heterocycles. The highest BCUT2D eigenvalue weighted by molar-refractivity contribution is 5.51. The average molecular weight is 293 g/mol. The van der Waals surface area contributed by atoms with Gasteiger partial charge in [-0.05, 0) is 45.1 Å². The van der Waals surface area contributed by atoms with Gasteiger partial charge < -0.3 is 9.30 Å². The number of nitrogens with zero attached hydrogens (tertiary/aromatic N) is 3. The normalized spacial score (nSPS) is 11.5. The van der Waals surface area contributed by atoms with Gasteiger partial charge in [-0.25, -0.2) is 4.98 Å². The second-order valence-electron chi connectivity index (χ2n) is 6.29. The van der Waals surface area contributed by atoms with Crippen LogP contribution in [0, 0.1) is 13.8 Å². The Balaban J connectivity index is 2.07. The van der Waals surface area contributed by atoms with Crippen molar-refractivity contribution in [3.63, 3.8) is 0 Å². The number of imidazole rings is 1. The van der Waals surface area contributed by atoms with Gasteiger partial charge in [0.05, 0.1) is 11.4 Å². The largest absolute Gasteiger partial charge is 0.304 e. The first-order chi connectivity index (χ1) is 10.5. The Kier molecular flexibility index (Phi) is 3.99. The number of fused-ring (bicyclic) bond motifs is 1. The van der Waals surface area contributed by atoms with E-state index in [4.69, 9.17) is 4.98 Å². The molecule has 0 radical (unpaired) electrons. The maximum atomic E-state index is 4.92. The zero-order valence-electron chi connectivity index (χ0n) is 13.8. The fraction of sp³-hybridized carbons (Fsp3) is 0.316. The van der Waals surface area contributed by atoms with Crippen LogP contribution in [0.1, 0.15) is 28.1 Å². The molecule has 0 aliphatic carbocycles. The Morgan fingerprint density at radius 2 is 1.77 bits per heavy atom. The van der Waals surface area contributed by atoms with Crippen LogP contribution in [0.25, 0.3) is 5.65 Å². The van der Waals surface area contributed by atoms with Gasteiger partial charge in [0.25, 0.3) is 0 Å². The SMILES string of the molecule is Cc1ccc(Cc2nc3c(C)cccn3c2CN(C)C)cc1. The second kappa shape index (κ2) is 5.93. The topological polar surface area (TPSA) is 20.5 Å². The summed E-state index contributed by atoms with van der Waals surface area (Å²) in [4.78, 5) is 7.12. The Morgan fingerprint density at radius 1 is 1.05 bits per heavy atom. The lowest BCUT2D eigenvalue weighted by Gasteiger charge is -2.11. The molecule has 22 heavy (non-hydrogen) atoms. The number of aromatic nitrogens is 2. The summed E-state index contributed by atoms with van der Waals surface area (Å²) < 4.78 is 2.23. The third kappa shape index (κ3) is 2.90. The minimum atomic E-state index is 0.880. The van der Waals surface area contributed by atoms with Crippen molar-refractivity contribution in [3.05, 3.63) is 70.7 Å². The van der Waals surface area contributed by atoms with Crippen LogP contribution in [0.4, 0.5) is 0 Å². The predicted octanol–water partition coefficient (Wildman–Crippen LogP) is 3.60. The second-order valence-corrected chi connectivity index (χ2v) is 6.29. The highest BCUT2D eigenvalue weighted by Crippen LogP contribution is 2.20. The summed E-state index contributed by atoms with van der Waals surface area (Å²) in [7, 11) is 4.20. The lowest BCUT2D eigenvalue weighted by atomic mass is 10.1. The Hall–Kier alpha value is -2.13. The van der Waals surface area contributed by atoms with Gasteiger partial charge in [0.15, 0.2) is 0 Å². The molecular formula is C19H23N3. The number of aryl methyl sites for hydroxylation is 2. The van der Waals surface area contributed by atoms with Crippen molar-refractivity contribution in [2.24, 2.45) is 0 Å². The molecule has 0 N–H and O–H groups in total. The minimum Gasteiger partial charge on any atom is -0.304 e. The van der Waals surface area contributed by atoms with Crippen molar-refractivity contribution < 1.29 is 0 Å². The van der Waals surface area contributed by atoms with Crippen molar-refractivity contribution in [2.75, 3.05) is 14.1 Å². The standard InChI is InChI=1S/C19H23N3/c1-14-7-9-16(10-8-14)12-17-18(13-21(3)4)22-11-5-6-15(2)19(22)20-17/h5-11H,12-13H2,1-4H3. The van der Waals surface area contributed by atoms with E-state index in [-0.39, 0.29) is 0 Å². The lowest BCUT2D eigenvalue weighted by Crippen LogP contribution is -2.14. The van der Waals surface area contributed by atoms with Gasteiger partial charge >= 0.3 is 0 Å². The number of pyridine rings is 1. The smallest absolute Gasteiger partial charge is 0.140 e. The summed E-state index contributed by atoms with van der Waals surface area (Å²) in [6, 6.07) is 13.0. The van der Waals surface area contributed by atoms with Gasteiger partial charge in [-0.2, -0.15) is 0 Å². The lowest BCUT2D eigenvalue weighted by molar-refractivity contribution is 0.394. The molecule has 3 nitrogen and oxygen atoms in total. The molecule has 0 aliphatic rings. The molecule has 0 fully saturated rings. The highest BCUT2D eigenvalue weighted by Gasteiger charge is 2.14. The fourth-order valence-corrected chi connectivity index (χ4v) is 2.81. The summed E-state index contributed by atoms with van der Waals surface area (Å²) in [5, 5.41) is 0. The van der Waals surface area contributed by atoms with Gasteiger partial charge in [0, 0.05) is 19.2 Å². The number of benzene rings is 1. The molecule has 2 heterocycles. The van der Waals surface area contributed by atoms with Gasteiger partial charge in [-0.1, -0.05) is 35.9 Å². The monoisotopic (exact) mass is 293 g/mol. The van der Waals surface area contributed by atoms with Crippen LogP contribution in [-0.2, 0) is 13.0 Å². The molecule has 0 atom stereocenters. The van der Waals surface area contributed by atoms with Crippen LogP contribution in [0.5, 0.6) is 0 Å². The van der Waals surface area contributed by atoms with Crippen LogP contribution < -0.4 is 0 Å². The van der Waals surface area contributed by atoms with Crippen molar-refractivity contribution in [2.45, 2.75) is 26.8 Å². The third-order valence-electron chi connectivity index (χ3n) is 3.99. The summed E-state index contributed by atoms with van der Waals surface area (Å²) in [5.74, 6) is 0. The van der Waals surface area contributed by atoms with E-state index in [0.717, 1.165) is 18.6 Å². The molecule has 0 unspecified atom stereocenters. The highest BCUT2D eigenvalue weighted by atomic mass is 15.1. The van der Waals surface area contributed by atoms with Gasteiger partial charge in [-0.15, -0.1) is 0 Å². The van der Waals surface area contributed by atoms with E-state index in [9.17, 15) is 0 Å². The first-order valence-corrected chi connectivity index (χ1v) is 7.70. The van der Waals surface area contributed by atoms with Gasteiger partial charge in [-0.3, -0.25) is 0 Å². The minimum absolute atomic E-state index is 0.880. The molecule has 0 spiro atoms. The fourth-order valence-electron chi connectivity index (χ4n) is 2.81. The van der Waals surface area contributed by atoms with Crippen LogP contribution >= 0.6 is 0 Å². The molecule has 0 bridgehead atoms. The zero-order valence-corrected chi connectivity index (χ0v) is 13.8. The number of hydrogen-bond acceptors (Lipinski definition) is 2. The van der Waals surface area contributed by atoms with Gasteiger partial charge in [0.1, 0.15) is 5.65 Å². The maximum absolute atomic E-state index is 4.92. The van der Waals surface area contributed by atoms with E-state index in [0.29, 0.717) is 0 Å². The zero-order chi connectivity index (χ0) is 15.7. The van der Waals surface area contributed by atoms with Crippen molar-refractivity contribution in [1.82, 2.24) is 14.3 Å². The molecule has 2 aromatic heterocycles. The number of hydrogen-bond donors (Lipinski definition) is 0. The molecule has 3 rings (SSSR count). The van der Waals surface area contributed by atoms with E-state index in [1.165, 1.54) is 28.1 Å². The first kappa shape index (κ1) is 14.8. The Bertz CT molecular complexity index is 782. The van der Waals surface area contributed by atoms with Gasteiger partial charge in [0.2, 0.25) is 0 Å². The molecule has 0 saturated carbocycles. The molecule has 0 saturated heterocycles. The third-order valence-corrected chi connectivity index (χ3v) is 3.99. The molecule has 1 aromatic carbocycles. The predicted molar refractivity (Wildman–Crippen MR) is 91.3 cm³/mol. The van der Waals surface area contributed by atoms with Crippen molar-refractivity contribution in [3.8, 4) is 0 Å². The van der Waals surface area contributed by atoms with E-state index in [1.807, 2.05) is 0 Å². The van der Waals surface area contributed by atoms with E-state index >= 15 is 0 Å². The average Bonchev–Trinajstić information content (AvgIpc) is 2.81. The Morgan fingerprint density at radius 3 is 2.45 bits per heavy atom. The molecule has 114 valence electrons. The van der Waals surface area contributed by atoms with Crippen LogP contribution in [0.15, 0.2) is 42.6 Å². The quantitative estimate of drug-likeness (QED) is 0.732.